The van der Waals surface area contributed by atoms with Gasteiger partial charge in [0, 0.05) is 5.92 Å². The van der Waals surface area contributed by atoms with Crippen LogP contribution in [0, 0.1) is 5.92 Å². The summed E-state index contributed by atoms with van der Waals surface area (Å²) in [5.41, 5.74) is 0. The molecular weight excluding hydrogens is 188 g/mol. The number of hydrogen-bond acceptors (Lipinski definition) is 5. The maximum absolute atomic E-state index is 9.61. The predicted molar refractivity (Wildman–Crippen MR) is 48.6 cm³/mol. The maximum atomic E-state index is 9.61. The third-order valence-corrected chi connectivity index (χ3v) is 2.90. The van der Waals surface area contributed by atoms with Crippen LogP contribution in [0.3, 0.4) is 0 Å². The van der Waals surface area contributed by atoms with E-state index in [-0.39, 0.29) is 12.0 Å². The molecule has 0 spiro atoms. The van der Waals surface area contributed by atoms with Gasteiger partial charge in [-0.25, -0.2) is 0 Å². The first-order chi connectivity index (χ1) is 6.49. The Balaban J connectivity index is 2.70. The average molecular weight is 206 g/mol. The van der Waals surface area contributed by atoms with Crippen molar-refractivity contribution < 1.29 is 25.2 Å². The van der Waals surface area contributed by atoms with Crippen molar-refractivity contribution in [2.45, 2.75) is 44.4 Å². The molecule has 4 N–H and O–H groups in total. The summed E-state index contributed by atoms with van der Waals surface area (Å²) in [6, 6.07) is 0. The molecule has 1 aliphatic rings. The zero-order valence-electron chi connectivity index (χ0n) is 8.37. The Labute approximate surface area is 82.9 Å². The van der Waals surface area contributed by atoms with Crippen molar-refractivity contribution >= 4 is 0 Å². The molecule has 1 aliphatic heterocycles. The Hall–Kier alpha value is -0.200. The number of aliphatic hydroxyl groups excluding tert-OH is 4. The van der Waals surface area contributed by atoms with E-state index >= 15 is 0 Å². The van der Waals surface area contributed by atoms with Gasteiger partial charge in [0.1, 0.15) is 18.3 Å². The molecule has 84 valence electrons. The van der Waals surface area contributed by atoms with E-state index in [2.05, 4.69) is 0 Å². The Kier molecular flexibility index (Phi) is 3.86. The molecule has 14 heavy (non-hydrogen) atoms. The SMILES string of the molecule is CC1[C@@H](O)[C@H](O)C([C@@H](O)CO)O[C@@H]1C. The van der Waals surface area contributed by atoms with E-state index in [9.17, 15) is 15.3 Å². The van der Waals surface area contributed by atoms with E-state index in [1.807, 2.05) is 0 Å². The lowest BCUT2D eigenvalue weighted by Gasteiger charge is -2.41. The van der Waals surface area contributed by atoms with Gasteiger partial charge in [-0.05, 0) is 6.92 Å². The normalized spacial score (nSPS) is 46.3. The second-order valence-corrected chi connectivity index (χ2v) is 3.90. The summed E-state index contributed by atoms with van der Waals surface area (Å²) in [6.45, 7) is 3.03. The fraction of sp³-hybridized carbons (Fsp3) is 1.00. The third kappa shape index (κ3) is 2.07. The second kappa shape index (κ2) is 4.55. The molecular formula is C9H18O5. The fourth-order valence-electron chi connectivity index (χ4n) is 1.66. The van der Waals surface area contributed by atoms with Gasteiger partial charge in [-0.1, -0.05) is 6.92 Å². The zero-order valence-corrected chi connectivity index (χ0v) is 8.37. The summed E-state index contributed by atoms with van der Waals surface area (Å²) in [7, 11) is 0. The van der Waals surface area contributed by atoms with Crippen molar-refractivity contribution in [3.8, 4) is 0 Å². The molecule has 0 aromatic rings. The molecule has 0 bridgehead atoms. The largest absolute Gasteiger partial charge is 0.394 e. The Morgan fingerprint density at radius 3 is 2.29 bits per heavy atom. The fourth-order valence-corrected chi connectivity index (χ4v) is 1.66. The first-order valence-electron chi connectivity index (χ1n) is 4.79. The van der Waals surface area contributed by atoms with Crippen LogP contribution < -0.4 is 0 Å². The van der Waals surface area contributed by atoms with Crippen LogP contribution in [0.25, 0.3) is 0 Å². The smallest absolute Gasteiger partial charge is 0.114 e. The summed E-state index contributed by atoms with van der Waals surface area (Å²) >= 11 is 0. The van der Waals surface area contributed by atoms with Gasteiger partial charge in [-0.3, -0.25) is 0 Å². The number of ether oxygens (including phenoxy) is 1. The van der Waals surface area contributed by atoms with Crippen molar-refractivity contribution in [2.24, 2.45) is 5.92 Å². The van der Waals surface area contributed by atoms with Crippen molar-refractivity contribution in [3.05, 3.63) is 0 Å². The molecule has 0 aliphatic carbocycles. The average Bonchev–Trinajstić information content (AvgIpc) is 2.19. The zero-order chi connectivity index (χ0) is 10.9. The van der Waals surface area contributed by atoms with Crippen LogP contribution in [-0.2, 0) is 4.74 Å². The number of hydrogen-bond donors (Lipinski definition) is 4. The minimum absolute atomic E-state index is 0.188. The molecule has 0 saturated carbocycles. The van der Waals surface area contributed by atoms with Crippen LogP contribution in [-0.4, -0.2) is 57.6 Å². The quantitative estimate of drug-likeness (QED) is 0.441. The van der Waals surface area contributed by atoms with Crippen LogP contribution >= 0.6 is 0 Å². The van der Waals surface area contributed by atoms with Crippen molar-refractivity contribution in [1.82, 2.24) is 0 Å². The first kappa shape index (κ1) is 11.9. The van der Waals surface area contributed by atoms with E-state index < -0.39 is 31.0 Å². The molecule has 1 fully saturated rings. The van der Waals surface area contributed by atoms with Crippen LogP contribution in [0.15, 0.2) is 0 Å². The lowest BCUT2D eigenvalue weighted by Crippen LogP contribution is -2.57. The molecule has 6 atom stereocenters. The third-order valence-electron chi connectivity index (χ3n) is 2.90. The highest BCUT2D eigenvalue weighted by Crippen LogP contribution is 2.27. The molecule has 0 radical (unpaired) electrons. The maximum Gasteiger partial charge on any atom is 0.114 e. The van der Waals surface area contributed by atoms with E-state index in [4.69, 9.17) is 9.84 Å². The van der Waals surface area contributed by atoms with Gasteiger partial charge in [-0.15, -0.1) is 0 Å². The molecule has 1 saturated heterocycles. The monoisotopic (exact) mass is 206 g/mol. The van der Waals surface area contributed by atoms with Gasteiger partial charge in [0.15, 0.2) is 0 Å². The second-order valence-electron chi connectivity index (χ2n) is 3.90. The standard InChI is InChI=1S/C9H18O5/c1-4-5(2)14-9(6(11)3-10)8(13)7(4)12/h4-13H,3H2,1-2H3/t4?,5-,6+,7-,8+,9?/m1/s1. The molecule has 1 heterocycles. The molecule has 0 aromatic heterocycles. The topological polar surface area (TPSA) is 90.2 Å². The van der Waals surface area contributed by atoms with Gasteiger partial charge in [-0.2, -0.15) is 0 Å². The van der Waals surface area contributed by atoms with Crippen molar-refractivity contribution in [3.63, 3.8) is 0 Å². The van der Waals surface area contributed by atoms with Gasteiger partial charge in [0.05, 0.1) is 18.8 Å². The summed E-state index contributed by atoms with van der Waals surface area (Å²) in [6.07, 6.45) is -4.40. The molecule has 5 heteroatoms. The lowest BCUT2D eigenvalue weighted by atomic mass is 9.87. The predicted octanol–water partition coefficient (Wildman–Crippen LogP) is -1.52. The van der Waals surface area contributed by atoms with Crippen LogP contribution in [0.4, 0.5) is 0 Å². The Morgan fingerprint density at radius 1 is 1.21 bits per heavy atom. The van der Waals surface area contributed by atoms with E-state index in [1.54, 1.807) is 13.8 Å². The highest BCUT2D eigenvalue weighted by molar-refractivity contribution is 4.91. The summed E-state index contributed by atoms with van der Waals surface area (Å²) in [5.74, 6) is -0.188. The Morgan fingerprint density at radius 2 is 1.79 bits per heavy atom. The van der Waals surface area contributed by atoms with E-state index in [1.165, 1.54) is 0 Å². The van der Waals surface area contributed by atoms with Crippen LogP contribution in [0.5, 0.6) is 0 Å². The van der Waals surface area contributed by atoms with Gasteiger partial charge in [0.2, 0.25) is 0 Å². The first-order valence-corrected chi connectivity index (χ1v) is 4.79. The van der Waals surface area contributed by atoms with Crippen LogP contribution in [0.1, 0.15) is 13.8 Å². The van der Waals surface area contributed by atoms with Gasteiger partial charge >= 0.3 is 0 Å². The van der Waals surface area contributed by atoms with E-state index in [0.717, 1.165) is 0 Å². The van der Waals surface area contributed by atoms with Crippen LogP contribution in [0.2, 0.25) is 0 Å². The van der Waals surface area contributed by atoms with Crippen molar-refractivity contribution in [2.75, 3.05) is 6.61 Å². The molecule has 1 rings (SSSR count). The Bertz CT molecular complexity index is 186. The number of aliphatic hydroxyl groups is 4. The summed E-state index contributed by atoms with van der Waals surface area (Å²) in [5, 5.41) is 37.2. The minimum atomic E-state index is -1.16. The minimum Gasteiger partial charge on any atom is -0.394 e. The van der Waals surface area contributed by atoms with E-state index in [0.29, 0.717) is 0 Å². The number of rotatable bonds is 2. The lowest BCUT2D eigenvalue weighted by molar-refractivity contribution is -0.221. The summed E-state index contributed by atoms with van der Waals surface area (Å²) in [4.78, 5) is 0. The highest BCUT2D eigenvalue weighted by atomic mass is 16.5. The molecule has 2 unspecified atom stereocenters. The molecule has 5 nitrogen and oxygen atoms in total. The highest BCUT2D eigenvalue weighted by Gasteiger charge is 2.42. The summed E-state index contributed by atoms with van der Waals surface area (Å²) < 4.78 is 5.31. The van der Waals surface area contributed by atoms with Crippen molar-refractivity contribution in [1.29, 1.82) is 0 Å². The molecule has 0 aromatic carbocycles. The molecule has 0 amide bonds. The van der Waals surface area contributed by atoms with Gasteiger partial charge in [0.25, 0.3) is 0 Å². The van der Waals surface area contributed by atoms with Gasteiger partial charge < -0.3 is 25.2 Å².